The lowest BCUT2D eigenvalue weighted by molar-refractivity contribution is -0.116. The molecule has 1 heterocycles. The number of anilines is 1. The highest BCUT2D eigenvalue weighted by Gasteiger charge is 2.14. The SMILES string of the molecule is COc1cc(NC(=O)CCCc2ccc3c(c2)OCCO3)c(OC)cc1Cl. The van der Waals surface area contributed by atoms with E-state index >= 15 is 0 Å². The molecule has 144 valence electrons. The molecule has 1 aliphatic rings. The van der Waals surface area contributed by atoms with Crippen molar-refractivity contribution in [2.75, 3.05) is 32.8 Å². The molecule has 2 aromatic carbocycles. The molecule has 0 bridgehead atoms. The van der Waals surface area contributed by atoms with Gasteiger partial charge >= 0.3 is 0 Å². The van der Waals surface area contributed by atoms with E-state index in [9.17, 15) is 4.79 Å². The molecule has 7 heteroatoms. The Kier molecular flexibility index (Phi) is 6.29. The lowest BCUT2D eigenvalue weighted by Gasteiger charge is -2.18. The van der Waals surface area contributed by atoms with Crippen LogP contribution in [-0.2, 0) is 11.2 Å². The van der Waals surface area contributed by atoms with Crippen LogP contribution in [0.3, 0.4) is 0 Å². The molecule has 0 fully saturated rings. The van der Waals surface area contributed by atoms with Gasteiger partial charge < -0.3 is 24.3 Å². The van der Waals surface area contributed by atoms with Crippen LogP contribution in [0.2, 0.25) is 5.02 Å². The van der Waals surface area contributed by atoms with Gasteiger partial charge in [0.05, 0.1) is 24.9 Å². The van der Waals surface area contributed by atoms with Crippen molar-refractivity contribution >= 4 is 23.2 Å². The number of rotatable bonds is 7. The summed E-state index contributed by atoms with van der Waals surface area (Å²) in [5.74, 6) is 2.40. The van der Waals surface area contributed by atoms with Crippen LogP contribution in [0.15, 0.2) is 30.3 Å². The number of nitrogens with one attached hydrogen (secondary N) is 1. The number of carbonyl (C=O) groups excluding carboxylic acids is 1. The van der Waals surface area contributed by atoms with E-state index in [1.807, 2.05) is 18.2 Å². The number of fused-ring (bicyclic) bond motifs is 1. The quantitative estimate of drug-likeness (QED) is 0.770. The molecule has 0 spiro atoms. The maximum Gasteiger partial charge on any atom is 0.224 e. The Hall–Kier alpha value is -2.60. The Morgan fingerprint density at radius 1 is 1.07 bits per heavy atom. The highest BCUT2D eigenvalue weighted by Crippen LogP contribution is 2.36. The first-order valence-electron chi connectivity index (χ1n) is 8.70. The van der Waals surface area contributed by atoms with E-state index in [1.54, 1.807) is 12.1 Å². The predicted octanol–water partition coefficient (Wildman–Crippen LogP) is 4.09. The van der Waals surface area contributed by atoms with Crippen molar-refractivity contribution in [3.05, 3.63) is 40.9 Å². The van der Waals surface area contributed by atoms with Crippen molar-refractivity contribution in [3.63, 3.8) is 0 Å². The summed E-state index contributed by atoms with van der Waals surface area (Å²) in [6.45, 7) is 1.14. The Labute approximate surface area is 163 Å². The highest BCUT2D eigenvalue weighted by molar-refractivity contribution is 6.32. The van der Waals surface area contributed by atoms with Crippen LogP contribution in [0.25, 0.3) is 0 Å². The van der Waals surface area contributed by atoms with Crippen molar-refractivity contribution in [1.82, 2.24) is 0 Å². The molecule has 0 aliphatic carbocycles. The number of hydrogen-bond donors (Lipinski definition) is 1. The van der Waals surface area contributed by atoms with E-state index in [0.29, 0.717) is 48.3 Å². The highest BCUT2D eigenvalue weighted by atomic mass is 35.5. The molecule has 1 N–H and O–H groups in total. The minimum absolute atomic E-state index is 0.102. The second kappa shape index (κ2) is 8.86. The molecule has 1 aliphatic heterocycles. The largest absolute Gasteiger partial charge is 0.495 e. The summed E-state index contributed by atoms with van der Waals surface area (Å²) >= 11 is 6.08. The Morgan fingerprint density at radius 2 is 1.81 bits per heavy atom. The van der Waals surface area contributed by atoms with Gasteiger partial charge in [-0.2, -0.15) is 0 Å². The van der Waals surface area contributed by atoms with Gasteiger partial charge in [0.2, 0.25) is 5.91 Å². The predicted molar refractivity (Wildman–Crippen MR) is 104 cm³/mol. The molecule has 0 saturated heterocycles. The minimum atomic E-state index is -0.102. The summed E-state index contributed by atoms with van der Waals surface area (Å²) in [6.07, 6.45) is 1.85. The fourth-order valence-electron chi connectivity index (χ4n) is 2.87. The van der Waals surface area contributed by atoms with Crippen LogP contribution < -0.4 is 24.3 Å². The van der Waals surface area contributed by atoms with Crippen molar-refractivity contribution in [2.24, 2.45) is 0 Å². The Bertz CT molecular complexity index is 824. The molecule has 6 nitrogen and oxygen atoms in total. The molecule has 0 radical (unpaired) electrons. The zero-order chi connectivity index (χ0) is 19.2. The van der Waals surface area contributed by atoms with E-state index in [2.05, 4.69) is 5.32 Å². The third-order valence-electron chi connectivity index (χ3n) is 4.22. The third-order valence-corrected chi connectivity index (χ3v) is 4.52. The second-order valence-electron chi connectivity index (χ2n) is 6.07. The number of carbonyl (C=O) groups is 1. The molecule has 27 heavy (non-hydrogen) atoms. The van der Waals surface area contributed by atoms with Crippen molar-refractivity contribution in [3.8, 4) is 23.0 Å². The average Bonchev–Trinajstić information content (AvgIpc) is 2.68. The van der Waals surface area contributed by atoms with Crippen molar-refractivity contribution in [1.29, 1.82) is 0 Å². The fourth-order valence-corrected chi connectivity index (χ4v) is 3.10. The second-order valence-corrected chi connectivity index (χ2v) is 6.47. The normalized spacial score (nSPS) is 12.4. The zero-order valence-electron chi connectivity index (χ0n) is 15.3. The van der Waals surface area contributed by atoms with Crippen LogP contribution in [0, 0.1) is 0 Å². The minimum Gasteiger partial charge on any atom is -0.495 e. The number of ether oxygens (including phenoxy) is 4. The van der Waals surface area contributed by atoms with Crippen LogP contribution in [-0.4, -0.2) is 33.3 Å². The Balaban J connectivity index is 1.56. The summed E-state index contributed by atoms with van der Waals surface area (Å²) in [5.41, 5.74) is 1.64. The van der Waals surface area contributed by atoms with Gasteiger partial charge in [-0.05, 0) is 30.5 Å². The molecule has 0 atom stereocenters. The summed E-state index contributed by atoms with van der Waals surface area (Å²) in [7, 11) is 3.04. The van der Waals surface area contributed by atoms with Crippen LogP contribution in [0.1, 0.15) is 18.4 Å². The van der Waals surface area contributed by atoms with E-state index < -0.39 is 0 Å². The van der Waals surface area contributed by atoms with Crippen molar-refractivity contribution in [2.45, 2.75) is 19.3 Å². The number of benzene rings is 2. The lowest BCUT2D eigenvalue weighted by atomic mass is 10.1. The van der Waals surface area contributed by atoms with Crippen LogP contribution in [0.4, 0.5) is 5.69 Å². The molecular formula is C20H22ClNO5. The van der Waals surface area contributed by atoms with Gasteiger partial charge in [0.1, 0.15) is 24.7 Å². The fraction of sp³-hybridized carbons (Fsp3) is 0.350. The third kappa shape index (κ3) is 4.77. The van der Waals surface area contributed by atoms with Crippen LogP contribution >= 0.6 is 11.6 Å². The number of amides is 1. The smallest absolute Gasteiger partial charge is 0.224 e. The molecule has 3 rings (SSSR count). The van der Waals surface area contributed by atoms with Gasteiger partial charge in [0.25, 0.3) is 0 Å². The summed E-state index contributed by atoms with van der Waals surface area (Å²) in [5, 5.41) is 3.27. The van der Waals surface area contributed by atoms with Gasteiger partial charge in [-0.15, -0.1) is 0 Å². The van der Waals surface area contributed by atoms with E-state index in [0.717, 1.165) is 23.5 Å². The molecule has 0 saturated carbocycles. The molecule has 1 amide bonds. The summed E-state index contributed by atoms with van der Waals surface area (Å²) in [6, 6.07) is 9.15. The first-order chi connectivity index (χ1) is 13.1. The van der Waals surface area contributed by atoms with E-state index in [-0.39, 0.29) is 5.91 Å². The standard InChI is InChI=1S/C20H22ClNO5/c1-24-17-12-15(18(25-2)11-14(17)21)22-20(23)5-3-4-13-6-7-16-19(10-13)27-9-8-26-16/h6-7,10-12H,3-5,8-9H2,1-2H3,(H,22,23). The molecule has 0 aromatic heterocycles. The lowest BCUT2D eigenvalue weighted by Crippen LogP contribution is -2.15. The maximum absolute atomic E-state index is 12.3. The summed E-state index contributed by atoms with van der Waals surface area (Å²) < 4.78 is 21.6. The Morgan fingerprint density at radius 3 is 2.56 bits per heavy atom. The maximum atomic E-state index is 12.3. The molecular weight excluding hydrogens is 370 g/mol. The number of aryl methyl sites for hydroxylation is 1. The van der Waals surface area contributed by atoms with Crippen molar-refractivity contribution < 1.29 is 23.7 Å². The topological polar surface area (TPSA) is 66.0 Å². The number of halogens is 1. The number of hydrogen-bond acceptors (Lipinski definition) is 5. The number of methoxy groups -OCH3 is 2. The monoisotopic (exact) mass is 391 g/mol. The van der Waals surface area contributed by atoms with Gasteiger partial charge in [-0.25, -0.2) is 0 Å². The van der Waals surface area contributed by atoms with Gasteiger partial charge in [0.15, 0.2) is 11.5 Å². The van der Waals surface area contributed by atoms with E-state index in [1.165, 1.54) is 14.2 Å². The first kappa shape index (κ1) is 19.2. The van der Waals surface area contributed by atoms with Gasteiger partial charge in [-0.3, -0.25) is 4.79 Å². The summed E-state index contributed by atoms with van der Waals surface area (Å²) in [4.78, 5) is 12.3. The molecule has 0 unspecified atom stereocenters. The van der Waals surface area contributed by atoms with Gasteiger partial charge in [-0.1, -0.05) is 17.7 Å². The first-order valence-corrected chi connectivity index (χ1v) is 9.08. The van der Waals surface area contributed by atoms with Crippen LogP contribution in [0.5, 0.6) is 23.0 Å². The zero-order valence-corrected chi connectivity index (χ0v) is 16.1. The van der Waals surface area contributed by atoms with E-state index in [4.69, 9.17) is 30.5 Å². The average molecular weight is 392 g/mol. The molecule has 2 aromatic rings. The van der Waals surface area contributed by atoms with Gasteiger partial charge in [0, 0.05) is 18.6 Å².